The van der Waals surface area contributed by atoms with E-state index in [9.17, 15) is 17.8 Å². The van der Waals surface area contributed by atoms with Crippen molar-refractivity contribution in [2.45, 2.75) is 13.8 Å². The van der Waals surface area contributed by atoms with Crippen LogP contribution >= 0.6 is 0 Å². The van der Waals surface area contributed by atoms with Crippen molar-refractivity contribution in [3.63, 3.8) is 0 Å². The maximum Gasteiger partial charge on any atom is 1.00 e. The topological polar surface area (TPSA) is 83.5 Å². The van der Waals surface area contributed by atoms with Crippen LogP contribution < -0.4 is 51.4 Å². The van der Waals surface area contributed by atoms with Gasteiger partial charge in [-0.15, -0.1) is 0 Å². The van der Waals surface area contributed by atoms with Gasteiger partial charge in [0.1, 0.15) is 0 Å². The Morgan fingerprint density at radius 1 is 1.50 bits per heavy atom. The molecule has 0 amide bonds. The van der Waals surface area contributed by atoms with Crippen LogP contribution in [0.1, 0.15) is 13.8 Å². The molecule has 14 heavy (non-hydrogen) atoms. The SMILES string of the molecule is C.C=CC(=O)OCCCS(=O)(=O)[O-].[K+]. The molecular weight excluding hydrogens is 235 g/mol. The van der Waals surface area contributed by atoms with E-state index in [1.807, 2.05) is 0 Å². The molecule has 0 saturated carbocycles. The third kappa shape index (κ3) is 15.2. The molecule has 0 N–H and O–H groups in total. The second-order valence-corrected chi connectivity index (χ2v) is 3.51. The summed E-state index contributed by atoms with van der Waals surface area (Å²) < 4.78 is 34.5. The molecule has 0 fully saturated rings. The predicted molar refractivity (Wildman–Crippen MR) is 47.1 cm³/mol. The number of rotatable bonds is 5. The Morgan fingerprint density at radius 3 is 2.36 bits per heavy atom. The normalized spacial score (nSPS) is 9.21. The maximum atomic E-state index is 10.4. The zero-order chi connectivity index (χ0) is 9.61. The van der Waals surface area contributed by atoms with Gasteiger partial charge in [-0.2, -0.15) is 0 Å². The predicted octanol–water partition coefficient (Wildman–Crippen LogP) is -2.71. The van der Waals surface area contributed by atoms with E-state index >= 15 is 0 Å². The molecule has 78 valence electrons. The Morgan fingerprint density at radius 2 is 2.00 bits per heavy atom. The van der Waals surface area contributed by atoms with Crippen LogP contribution in [0.5, 0.6) is 0 Å². The monoisotopic (exact) mass is 248 g/mol. The Balaban J connectivity index is -0.000000605. The summed E-state index contributed by atoms with van der Waals surface area (Å²) in [6.45, 7) is 3.06. The molecule has 0 atom stereocenters. The first kappa shape index (κ1) is 20.2. The molecule has 0 aliphatic heterocycles. The van der Waals surface area contributed by atoms with E-state index in [0.29, 0.717) is 0 Å². The number of carbonyl (C=O) groups is 1. The van der Waals surface area contributed by atoms with Crippen LogP contribution in [0.3, 0.4) is 0 Å². The molecule has 0 unspecified atom stereocenters. The van der Waals surface area contributed by atoms with Gasteiger partial charge in [0, 0.05) is 11.8 Å². The average Bonchev–Trinajstić information content (AvgIpc) is 1.96. The van der Waals surface area contributed by atoms with E-state index in [4.69, 9.17) is 0 Å². The van der Waals surface area contributed by atoms with Crippen LogP contribution in [0.25, 0.3) is 0 Å². The summed E-state index contributed by atoms with van der Waals surface area (Å²) in [5.41, 5.74) is 0. The first-order chi connectivity index (χ1) is 5.45. The van der Waals surface area contributed by atoms with Gasteiger partial charge in [-0.05, 0) is 6.42 Å². The van der Waals surface area contributed by atoms with Gasteiger partial charge in [0.05, 0.1) is 16.7 Å². The average molecular weight is 248 g/mol. The van der Waals surface area contributed by atoms with Crippen LogP contribution in [-0.4, -0.2) is 31.3 Å². The number of esters is 1. The van der Waals surface area contributed by atoms with Gasteiger partial charge < -0.3 is 9.29 Å². The molecule has 0 spiro atoms. The minimum absolute atomic E-state index is 0. The third-order valence-corrected chi connectivity index (χ3v) is 1.74. The van der Waals surface area contributed by atoms with E-state index in [1.54, 1.807) is 0 Å². The minimum atomic E-state index is -4.20. The molecule has 0 aliphatic carbocycles. The standard InChI is InChI=1S/C6H10O5S.CH4.K/c1-2-6(7)11-4-3-5-12(8,9)10;;/h2H,1,3-5H2,(H,8,9,10);1H4;/q;;+1/p-1. The Hall–Kier alpha value is 0.756. The molecule has 0 rings (SSSR count). The van der Waals surface area contributed by atoms with Crippen molar-refractivity contribution in [1.29, 1.82) is 0 Å². The van der Waals surface area contributed by atoms with Gasteiger partial charge in [-0.3, -0.25) is 0 Å². The van der Waals surface area contributed by atoms with Crippen molar-refractivity contribution in [3.05, 3.63) is 12.7 Å². The summed E-state index contributed by atoms with van der Waals surface area (Å²) in [5.74, 6) is -1.14. The smallest absolute Gasteiger partial charge is 0.748 e. The van der Waals surface area contributed by atoms with Crippen molar-refractivity contribution in [2.75, 3.05) is 12.4 Å². The fourth-order valence-electron chi connectivity index (χ4n) is 0.467. The van der Waals surface area contributed by atoms with Crippen LogP contribution in [-0.2, 0) is 19.6 Å². The fourth-order valence-corrected chi connectivity index (χ4v) is 0.939. The molecule has 0 aromatic heterocycles. The second-order valence-electron chi connectivity index (χ2n) is 1.99. The van der Waals surface area contributed by atoms with E-state index in [-0.39, 0.29) is 71.8 Å². The van der Waals surface area contributed by atoms with Crippen LogP contribution in [0.15, 0.2) is 12.7 Å². The van der Waals surface area contributed by atoms with Crippen LogP contribution in [0, 0.1) is 0 Å². The second kappa shape index (κ2) is 10.3. The van der Waals surface area contributed by atoms with E-state index in [1.165, 1.54) is 0 Å². The van der Waals surface area contributed by atoms with Gasteiger partial charge in [-0.25, -0.2) is 13.2 Å². The summed E-state index contributed by atoms with van der Waals surface area (Å²) in [5, 5.41) is 0. The molecule has 7 heteroatoms. The van der Waals surface area contributed by atoms with Crippen molar-refractivity contribution < 1.29 is 73.9 Å². The van der Waals surface area contributed by atoms with Crippen molar-refractivity contribution >= 4 is 16.1 Å². The molecule has 0 aromatic rings. The molecule has 0 aromatic carbocycles. The number of carbonyl (C=O) groups excluding carboxylic acids is 1. The van der Waals surface area contributed by atoms with Crippen molar-refractivity contribution in [3.8, 4) is 0 Å². The summed E-state index contributed by atoms with van der Waals surface area (Å²) in [6, 6.07) is 0. The van der Waals surface area contributed by atoms with E-state index < -0.39 is 21.8 Å². The van der Waals surface area contributed by atoms with E-state index in [0.717, 1.165) is 6.08 Å². The largest absolute Gasteiger partial charge is 1.00 e. The summed E-state index contributed by atoms with van der Waals surface area (Å²) in [4.78, 5) is 10.4. The Labute approximate surface area is 127 Å². The van der Waals surface area contributed by atoms with Crippen molar-refractivity contribution in [1.82, 2.24) is 0 Å². The Bertz CT molecular complexity index is 259. The molecule has 0 radical (unpaired) electrons. The van der Waals surface area contributed by atoms with Crippen LogP contribution in [0.4, 0.5) is 0 Å². The molecule has 5 nitrogen and oxygen atoms in total. The van der Waals surface area contributed by atoms with Crippen LogP contribution in [0.2, 0.25) is 0 Å². The number of hydrogen-bond donors (Lipinski definition) is 0. The quantitative estimate of drug-likeness (QED) is 0.174. The molecule has 0 bridgehead atoms. The third-order valence-electron chi connectivity index (χ3n) is 0.950. The number of hydrogen-bond acceptors (Lipinski definition) is 5. The summed E-state index contributed by atoms with van der Waals surface area (Å²) >= 11 is 0. The fraction of sp³-hybridized carbons (Fsp3) is 0.571. The summed E-state index contributed by atoms with van der Waals surface area (Å²) in [7, 11) is -4.20. The molecule has 0 saturated heterocycles. The van der Waals surface area contributed by atoms with E-state index in [2.05, 4.69) is 11.3 Å². The zero-order valence-corrected chi connectivity index (χ0v) is 11.3. The van der Waals surface area contributed by atoms with Crippen molar-refractivity contribution in [2.24, 2.45) is 0 Å². The molecular formula is C7H13KO5S. The first-order valence-corrected chi connectivity index (χ1v) is 4.76. The van der Waals surface area contributed by atoms with Gasteiger partial charge in [0.25, 0.3) is 0 Å². The first-order valence-electron chi connectivity index (χ1n) is 3.18. The Kier molecular flexibility index (Phi) is 14.8. The van der Waals surface area contributed by atoms with Gasteiger partial charge in [0.15, 0.2) is 0 Å². The molecule has 0 heterocycles. The zero-order valence-electron chi connectivity index (χ0n) is 7.36. The summed E-state index contributed by atoms with van der Waals surface area (Å²) in [6.07, 6.45) is 0.983. The van der Waals surface area contributed by atoms with Gasteiger partial charge in [-0.1, -0.05) is 14.0 Å². The molecule has 0 aliphatic rings. The minimum Gasteiger partial charge on any atom is -0.748 e. The van der Waals surface area contributed by atoms with Gasteiger partial charge in [0.2, 0.25) is 0 Å². The van der Waals surface area contributed by atoms with Gasteiger partial charge >= 0.3 is 57.4 Å². The number of ether oxygens (including phenoxy) is 1. The maximum absolute atomic E-state index is 10.4.